The maximum Gasteiger partial charge on any atom is 0.233 e. The number of carbonyl (C=O) groups excluding carboxylic acids is 2. The van der Waals surface area contributed by atoms with Crippen molar-refractivity contribution >= 4 is 11.8 Å². The Labute approximate surface area is 110 Å². The smallest absolute Gasteiger partial charge is 0.233 e. The standard InChI is InChI=1S/C13H27N3O2/c1-4-14-10-13(18)16-8-6-5-7-15-12(17)9-11(2)3/h11,14H,4-10H2,1-3H3,(H,15,17)(H,16,18). The molecule has 0 saturated carbocycles. The molecule has 3 N–H and O–H groups in total. The van der Waals surface area contributed by atoms with Crippen LogP contribution in [0, 0.1) is 5.92 Å². The highest BCUT2D eigenvalue weighted by Crippen LogP contribution is 1.98. The SMILES string of the molecule is CCNCC(=O)NCCCCNC(=O)CC(C)C. The van der Waals surface area contributed by atoms with Gasteiger partial charge in [0.15, 0.2) is 0 Å². The molecule has 0 spiro atoms. The largest absolute Gasteiger partial charge is 0.356 e. The Balaban J connectivity index is 3.30. The molecule has 0 saturated heterocycles. The van der Waals surface area contributed by atoms with E-state index in [0.717, 1.165) is 19.4 Å². The third kappa shape index (κ3) is 11.4. The molecule has 0 radical (unpaired) electrons. The predicted octanol–water partition coefficient (Wildman–Crippen LogP) is 0.655. The van der Waals surface area contributed by atoms with Crippen LogP contribution < -0.4 is 16.0 Å². The van der Waals surface area contributed by atoms with Crippen LogP contribution in [-0.2, 0) is 9.59 Å². The fourth-order valence-corrected chi connectivity index (χ4v) is 1.45. The molecule has 0 bridgehead atoms. The maximum atomic E-state index is 11.3. The summed E-state index contributed by atoms with van der Waals surface area (Å²) in [4.78, 5) is 22.5. The Morgan fingerprint density at radius 1 is 1.00 bits per heavy atom. The van der Waals surface area contributed by atoms with Gasteiger partial charge in [-0.2, -0.15) is 0 Å². The molecule has 0 aliphatic rings. The second-order valence-electron chi connectivity index (χ2n) is 4.79. The first-order chi connectivity index (χ1) is 8.56. The van der Waals surface area contributed by atoms with Crippen molar-refractivity contribution in [2.75, 3.05) is 26.2 Å². The van der Waals surface area contributed by atoms with Crippen LogP contribution >= 0.6 is 0 Å². The number of unbranched alkanes of at least 4 members (excludes halogenated alkanes) is 1. The zero-order valence-corrected chi connectivity index (χ0v) is 11.8. The third-order valence-corrected chi connectivity index (χ3v) is 2.38. The highest BCUT2D eigenvalue weighted by Gasteiger charge is 2.03. The lowest BCUT2D eigenvalue weighted by atomic mass is 10.1. The first kappa shape index (κ1) is 16.9. The van der Waals surface area contributed by atoms with Crippen molar-refractivity contribution in [3.05, 3.63) is 0 Å². The molecule has 2 amide bonds. The normalized spacial score (nSPS) is 10.4. The van der Waals surface area contributed by atoms with Gasteiger partial charge in [0.1, 0.15) is 0 Å². The number of carbonyl (C=O) groups is 2. The molecule has 0 fully saturated rings. The van der Waals surface area contributed by atoms with Gasteiger partial charge in [-0.25, -0.2) is 0 Å². The topological polar surface area (TPSA) is 70.2 Å². The number of rotatable bonds is 10. The zero-order chi connectivity index (χ0) is 13.8. The quantitative estimate of drug-likeness (QED) is 0.503. The average molecular weight is 257 g/mol. The first-order valence-electron chi connectivity index (χ1n) is 6.80. The number of hydrogen-bond acceptors (Lipinski definition) is 3. The number of amides is 2. The third-order valence-electron chi connectivity index (χ3n) is 2.38. The number of likely N-dealkylation sites (N-methyl/N-ethyl adjacent to an activating group) is 1. The summed E-state index contributed by atoms with van der Waals surface area (Å²) in [6.45, 7) is 8.56. The number of hydrogen-bond donors (Lipinski definition) is 3. The lowest BCUT2D eigenvalue weighted by molar-refractivity contribution is -0.122. The van der Waals surface area contributed by atoms with Crippen LogP contribution in [0.15, 0.2) is 0 Å². The summed E-state index contributed by atoms with van der Waals surface area (Å²) < 4.78 is 0. The van der Waals surface area contributed by atoms with E-state index in [0.29, 0.717) is 32.0 Å². The summed E-state index contributed by atoms with van der Waals surface area (Å²) in [6, 6.07) is 0. The molecular formula is C13H27N3O2. The summed E-state index contributed by atoms with van der Waals surface area (Å²) >= 11 is 0. The lowest BCUT2D eigenvalue weighted by Crippen LogP contribution is -2.34. The van der Waals surface area contributed by atoms with Crippen LogP contribution in [0.5, 0.6) is 0 Å². The van der Waals surface area contributed by atoms with Gasteiger partial charge in [0.2, 0.25) is 11.8 Å². The summed E-state index contributed by atoms with van der Waals surface area (Å²) in [5.74, 6) is 0.539. The summed E-state index contributed by atoms with van der Waals surface area (Å²) in [5.41, 5.74) is 0. The molecule has 18 heavy (non-hydrogen) atoms. The molecule has 0 heterocycles. The second-order valence-corrected chi connectivity index (χ2v) is 4.79. The van der Waals surface area contributed by atoms with Crippen molar-refractivity contribution in [1.82, 2.24) is 16.0 Å². The Hall–Kier alpha value is -1.10. The van der Waals surface area contributed by atoms with Gasteiger partial charge in [0.25, 0.3) is 0 Å². The van der Waals surface area contributed by atoms with E-state index in [2.05, 4.69) is 16.0 Å². The van der Waals surface area contributed by atoms with Crippen LogP contribution in [0.3, 0.4) is 0 Å². The van der Waals surface area contributed by atoms with Crippen molar-refractivity contribution in [2.24, 2.45) is 5.92 Å². The average Bonchev–Trinajstić information content (AvgIpc) is 2.30. The summed E-state index contributed by atoms with van der Waals surface area (Å²) in [7, 11) is 0. The molecule has 0 atom stereocenters. The van der Waals surface area contributed by atoms with Crippen LogP contribution in [-0.4, -0.2) is 38.0 Å². The second kappa shape index (κ2) is 11.0. The van der Waals surface area contributed by atoms with Gasteiger partial charge < -0.3 is 16.0 Å². The van der Waals surface area contributed by atoms with E-state index in [1.54, 1.807) is 0 Å². The monoisotopic (exact) mass is 257 g/mol. The van der Waals surface area contributed by atoms with E-state index < -0.39 is 0 Å². The minimum Gasteiger partial charge on any atom is -0.356 e. The van der Waals surface area contributed by atoms with Gasteiger partial charge in [0, 0.05) is 19.5 Å². The molecule has 106 valence electrons. The van der Waals surface area contributed by atoms with Gasteiger partial charge >= 0.3 is 0 Å². The fraction of sp³-hybridized carbons (Fsp3) is 0.846. The van der Waals surface area contributed by atoms with Crippen LogP contribution in [0.25, 0.3) is 0 Å². The summed E-state index contributed by atoms with van der Waals surface area (Å²) in [5, 5.41) is 8.66. The van der Waals surface area contributed by atoms with Crippen molar-refractivity contribution in [1.29, 1.82) is 0 Å². The first-order valence-corrected chi connectivity index (χ1v) is 6.80. The molecule has 0 aliphatic heterocycles. The van der Waals surface area contributed by atoms with E-state index in [9.17, 15) is 9.59 Å². The van der Waals surface area contributed by atoms with Crippen LogP contribution in [0.2, 0.25) is 0 Å². The summed E-state index contributed by atoms with van der Waals surface area (Å²) in [6.07, 6.45) is 2.37. The van der Waals surface area contributed by atoms with Crippen molar-refractivity contribution in [3.63, 3.8) is 0 Å². The molecule has 5 nitrogen and oxygen atoms in total. The van der Waals surface area contributed by atoms with E-state index in [4.69, 9.17) is 0 Å². The van der Waals surface area contributed by atoms with Gasteiger partial charge in [-0.05, 0) is 25.3 Å². The maximum absolute atomic E-state index is 11.3. The van der Waals surface area contributed by atoms with E-state index in [-0.39, 0.29) is 11.8 Å². The predicted molar refractivity (Wildman–Crippen MR) is 73.3 cm³/mol. The van der Waals surface area contributed by atoms with E-state index in [1.807, 2.05) is 20.8 Å². The zero-order valence-electron chi connectivity index (χ0n) is 11.8. The Bertz CT molecular complexity index is 242. The molecule has 0 unspecified atom stereocenters. The van der Waals surface area contributed by atoms with Crippen molar-refractivity contribution in [3.8, 4) is 0 Å². The molecule has 0 rings (SSSR count). The minimum atomic E-state index is 0.0284. The van der Waals surface area contributed by atoms with Crippen molar-refractivity contribution in [2.45, 2.75) is 40.0 Å². The molecular weight excluding hydrogens is 230 g/mol. The minimum absolute atomic E-state index is 0.0284. The van der Waals surface area contributed by atoms with Crippen LogP contribution in [0.4, 0.5) is 0 Å². The lowest BCUT2D eigenvalue weighted by Gasteiger charge is -2.08. The molecule has 0 aliphatic carbocycles. The van der Waals surface area contributed by atoms with Gasteiger partial charge in [-0.3, -0.25) is 9.59 Å². The molecule has 5 heteroatoms. The fourth-order valence-electron chi connectivity index (χ4n) is 1.45. The van der Waals surface area contributed by atoms with Gasteiger partial charge in [0.05, 0.1) is 6.54 Å². The highest BCUT2D eigenvalue weighted by atomic mass is 16.2. The Kier molecular flexibility index (Phi) is 10.3. The number of nitrogens with one attached hydrogen (secondary N) is 3. The van der Waals surface area contributed by atoms with Gasteiger partial charge in [-0.15, -0.1) is 0 Å². The Morgan fingerprint density at radius 2 is 1.56 bits per heavy atom. The van der Waals surface area contributed by atoms with Crippen LogP contribution in [0.1, 0.15) is 40.0 Å². The van der Waals surface area contributed by atoms with E-state index in [1.165, 1.54) is 0 Å². The van der Waals surface area contributed by atoms with E-state index >= 15 is 0 Å². The molecule has 0 aromatic carbocycles. The van der Waals surface area contributed by atoms with Crippen molar-refractivity contribution < 1.29 is 9.59 Å². The van der Waals surface area contributed by atoms with Gasteiger partial charge in [-0.1, -0.05) is 20.8 Å². The molecule has 0 aromatic heterocycles. The highest BCUT2D eigenvalue weighted by molar-refractivity contribution is 5.77. The Morgan fingerprint density at radius 3 is 2.06 bits per heavy atom. The molecule has 0 aromatic rings.